The first-order chi connectivity index (χ1) is 18.4. The maximum atomic E-state index is 13.3. The zero-order valence-electron chi connectivity index (χ0n) is 22.2. The van der Waals surface area contributed by atoms with Crippen LogP contribution in [0.25, 0.3) is 0 Å². The first-order valence-corrected chi connectivity index (χ1v) is 13.1. The first-order valence-electron chi connectivity index (χ1n) is 13.1. The maximum absolute atomic E-state index is 13.3. The fourth-order valence-electron chi connectivity index (χ4n) is 4.08. The number of carbonyl (C=O) groups is 3. The lowest BCUT2D eigenvalue weighted by atomic mass is 9.94. The lowest BCUT2D eigenvalue weighted by Gasteiger charge is -2.24. The molecule has 0 fully saturated rings. The molecule has 0 heterocycles. The van der Waals surface area contributed by atoms with Crippen LogP contribution >= 0.6 is 0 Å². The number of rotatable bonds is 17. The van der Waals surface area contributed by atoms with E-state index in [0.29, 0.717) is 25.7 Å². The van der Waals surface area contributed by atoms with E-state index in [-0.39, 0.29) is 43.3 Å². The molecule has 7 nitrogen and oxygen atoms in total. The van der Waals surface area contributed by atoms with Gasteiger partial charge in [-0.1, -0.05) is 72.8 Å². The summed E-state index contributed by atoms with van der Waals surface area (Å²) in [5.41, 5.74) is 1.81. The van der Waals surface area contributed by atoms with E-state index in [2.05, 4.69) is 23.8 Å². The Morgan fingerprint density at radius 1 is 0.974 bits per heavy atom. The lowest BCUT2D eigenvalue weighted by molar-refractivity contribution is -0.155. The van der Waals surface area contributed by atoms with Crippen LogP contribution in [-0.4, -0.2) is 42.1 Å². The van der Waals surface area contributed by atoms with Gasteiger partial charge in [0, 0.05) is 12.5 Å². The van der Waals surface area contributed by atoms with Crippen LogP contribution in [0.15, 0.2) is 86.0 Å². The molecule has 2 aromatic rings. The number of esters is 1. The van der Waals surface area contributed by atoms with Crippen LogP contribution in [0.2, 0.25) is 0 Å². The van der Waals surface area contributed by atoms with Crippen molar-refractivity contribution in [1.29, 1.82) is 0 Å². The Hall–Kier alpha value is -3.71. The van der Waals surface area contributed by atoms with Gasteiger partial charge in [-0.2, -0.15) is 0 Å². The van der Waals surface area contributed by atoms with Crippen LogP contribution in [0, 0.1) is 11.8 Å². The number of allylic oxidation sites excluding steroid dienone is 2. The van der Waals surface area contributed by atoms with Crippen molar-refractivity contribution < 1.29 is 24.2 Å². The Bertz CT molecular complexity index is 1030. The van der Waals surface area contributed by atoms with E-state index in [9.17, 15) is 14.4 Å². The molecule has 2 amide bonds. The topological polar surface area (TPSA) is 105 Å². The second-order valence-corrected chi connectivity index (χ2v) is 9.41. The zero-order chi connectivity index (χ0) is 27.8. The van der Waals surface area contributed by atoms with Gasteiger partial charge < -0.3 is 20.5 Å². The summed E-state index contributed by atoms with van der Waals surface area (Å²) in [5, 5.41) is 14.7. The molecule has 0 unspecified atom stereocenters. The Labute approximate surface area is 226 Å². The van der Waals surface area contributed by atoms with Gasteiger partial charge in [0.2, 0.25) is 11.8 Å². The van der Waals surface area contributed by atoms with Crippen LogP contribution in [0.1, 0.15) is 49.8 Å². The van der Waals surface area contributed by atoms with Gasteiger partial charge in [0.25, 0.3) is 0 Å². The summed E-state index contributed by atoms with van der Waals surface area (Å²) in [6, 6.07) is 18.7. The average Bonchev–Trinajstić information content (AvgIpc) is 2.93. The molecule has 2 rings (SSSR count). The van der Waals surface area contributed by atoms with E-state index < -0.39 is 18.1 Å². The minimum absolute atomic E-state index is 0.0430. The summed E-state index contributed by atoms with van der Waals surface area (Å²) in [6.45, 7) is 9.04. The molecular weight excluding hydrogens is 480 g/mol. The van der Waals surface area contributed by atoms with Crippen molar-refractivity contribution >= 4 is 17.8 Å². The molecule has 0 aliphatic carbocycles. The largest absolute Gasteiger partial charge is 0.455 e. The number of amides is 2. The highest BCUT2D eigenvalue weighted by molar-refractivity contribution is 5.86. The van der Waals surface area contributed by atoms with E-state index in [1.54, 1.807) is 19.1 Å². The highest BCUT2D eigenvalue weighted by Crippen LogP contribution is 2.23. The molecule has 4 atom stereocenters. The van der Waals surface area contributed by atoms with Crippen LogP contribution < -0.4 is 10.6 Å². The van der Waals surface area contributed by atoms with Gasteiger partial charge in [-0.15, -0.1) is 13.2 Å². The molecule has 0 saturated carbocycles. The maximum Gasteiger partial charge on any atom is 0.309 e. The van der Waals surface area contributed by atoms with Crippen LogP contribution in [-0.2, 0) is 25.5 Å². The quantitative estimate of drug-likeness (QED) is 0.213. The van der Waals surface area contributed by atoms with Crippen molar-refractivity contribution in [2.24, 2.45) is 11.8 Å². The van der Waals surface area contributed by atoms with Crippen molar-refractivity contribution in [3.8, 4) is 0 Å². The minimum Gasteiger partial charge on any atom is -0.455 e. The Morgan fingerprint density at radius 3 is 2.24 bits per heavy atom. The van der Waals surface area contributed by atoms with Gasteiger partial charge in [0.15, 0.2) is 0 Å². The molecule has 204 valence electrons. The van der Waals surface area contributed by atoms with Crippen LogP contribution in [0.4, 0.5) is 0 Å². The van der Waals surface area contributed by atoms with Gasteiger partial charge in [-0.25, -0.2) is 0 Å². The average molecular weight is 521 g/mol. The normalized spacial score (nSPS) is 13.8. The second-order valence-electron chi connectivity index (χ2n) is 9.41. The second kappa shape index (κ2) is 16.9. The summed E-state index contributed by atoms with van der Waals surface area (Å²) >= 11 is 0. The molecule has 0 aromatic heterocycles. The first kappa shape index (κ1) is 30.5. The van der Waals surface area contributed by atoms with Crippen molar-refractivity contribution in [2.45, 2.75) is 51.2 Å². The minimum atomic E-state index is -0.692. The fourth-order valence-corrected chi connectivity index (χ4v) is 4.08. The Balaban J connectivity index is 2.12. The van der Waals surface area contributed by atoms with Gasteiger partial charge in [0.05, 0.1) is 25.0 Å². The van der Waals surface area contributed by atoms with E-state index in [1.807, 2.05) is 60.7 Å². The SMILES string of the molecule is C=CCC[C@H](Cc1ccccc1)C(=O)O[C@H](CNC(=O)[C@H](CC=C)CC(=O)N[C@@H](C)CO)c1ccccc1. The number of hydrogen-bond donors (Lipinski definition) is 3. The van der Waals surface area contributed by atoms with Crippen molar-refractivity contribution in [3.05, 3.63) is 97.1 Å². The molecule has 7 heteroatoms. The molecule has 0 radical (unpaired) electrons. The van der Waals surface area contributed by atoms with E-state index in [4.69, 9.17) is 9.84 Å². The molecule has 3 N–H and O–H groups in total. The third kappa shape index (κ3) is 10.7. The molecule has 0 spiro atoms. The lowest BCUT2D eigenvalue weighted by Crippen LogP contribution is -2.40. The van der Waals surface area contributed by atoms with Crippen molar-refractivity contribution in [3.63, 3.8) is 0 Å². The molecule has 0 saturated heterocycles. The van der Waals surface area contributed by atoms with E-state index >= 15 is 0 Å². The van der Waals surface area contributed by atoms with Gasteiger partial charge in [-0.3, -0.25) is 14.4 Å². The summed E-state index contributed by atoms with van der Waals surface area (Å²) in [7, 11) is 0. The number of nitrogens with one attached hydrogen (secondary N) is 2. The number of hydrogen-bond acceptors (Lipinski definition) is 5. The van der Waals surface area contributed by atoms with Crippen LogP contribution in [0.5, 0.6) is 0 Å². The standard InChI is InChI=1S/C31H40N2O5/c1-4-6-16-27(19-24-14-9-7-10-15-24)31(37)38-28(25-17-11-8-12-18-25)21-32-30(36)26(13-5-2)20-29(35)33-23(3)22-34/h4-5,7-12,14-15,17-18,23,26-28,34H,1-2,6,13,16,19-22H2,3H3,(H,32,36)(H,33,35)/t23-,26+,27+,28+/m0/s1. The predicted octanol–water partition coefficient (Wildman–Crippen LogP) is 4.29. The number of aliphatic hydroxyl groups excluding tert-OH is 1. The Morgan fingerprint density at radius 2 is 1.63 bits per heavy atom. The third-order valence-electron chi connectivity index (χ3n) is 6.20. The number of ether oxygens (including phenoxy) is 1. The number of aliphatic hydroxyl groups is 1. The predicted molar refractivity (Wildman–Crippen MR) is 149 cm³/mol. The molecule has 2 aromatic carbocycles. The van der Waals surface area contributed by atoms with E-state index in [0.717, 1.165) is 11.1 Å². The summed E-state index contributed by atoms with van der Waals surface area (Å²) < 4.78 is 5.99. The molecule has 0 aliphatic rings. The van der Waals surface area contributed by atoms with E-state index in [1.165, 1.54) is 0 Å². The highest BCUT2D eigenvalue weighted by atomic mass is 16.5. The smallest absolute Gasteiger partial charge is 0.309 e. The molecule has 38 heavy (non-hydrogen) atoms. The monoisotopic (exact) mass is 520 g/mol. The Kier molecular flexibility index (Phi) is 13.6. The summed E-state index contributed by atoms with van der Waals surface area (Å²) in [5.74, 6) is -1.99. The van der Waals surface area contributed by atoms with Crippen LogP contribution in [0.3, 0.4) is 0 Å². The highest BCUT2D eigenvalue weighted by Gasteiger charge is 2.27. The fraction of sp³-hybridized carbons (Fsp3) is 0.387. The van der Waals surface area contributed by atoms with Gasteiger partial charge in [-0.05, 0) is 43.7 Å². The van der Waals surface area contributed by atoms with Crippen molar-refractivity contribution in [2.75, 3.05) is 13.2 Å². The number of carbonyl (C=O) groups excluding carboxylic acids is 3. The third-order valence-corrected chi connectivity index (χ3v) is 6.20. The number of benzene rings is 2. The van der Waals surface area contributed by atoms with Gasteiger partial charge >= 0.3 is 5.97 Å². The molecular formula is C31H40N2O5. The van der Waals surface area contributed by atoms with Crippen molar-refractivity contribution in [1.82, 2.24) is 10.6 Å². The summed E-state index contributed by atoms with van der Waals surface area (Å²) in [4.78, 5) is 38.7. The van der Waals surface area contributed by atoms with Gasteiger partial charge in [0.1, 0.15) is 6.10 Å². The zero-order valence-corrected chi connectivity index (χ0v) is 22.2. The molecule has 0 aliphatic heterocycles. The summed E-state index contributed by atoms with van der Waals surface area (Å²) in [6.07, 6.45) is 4.79. The molecule has 0 bridgehead atoms.